The van der Waals surface area contributed by atoms with Crippen LogP contribution in [0.1, 0.15) is 31.3 Å². The lowest BCUT2D eigenvalue weighted by molar-refractivity contribution is -0.608. The summed E-state index contributed by atoms with van der Waals surface area (Å²) in [5, 5.41) is 11.2. The average Bonchev–Trinajstić information content (AvgIpc) is 2.01. The quantitative estimate of drug-likeness (QED) is 0.385. The fourth-order valence-corrected chi connectivity index (χ4v) is 0.917. The van der Waals surface area contributed by atoms with Crippen LogP contribution < -0.4 is 4.73 Å². The summed E-state index contributed by atoms with van der Waals surface area (Å²) in [4.78, 5) is 11.4. The predicted molar refractivity (Wildman–Crippen MR) is 50.6 cm³/mol. The first-order valence-electron chi connectivity index (χ1n) is 4.32. The van der Waals surface area contributed by atoms with Crippen LogP contribution in [0.25, 0.3) is 0 Å². The van der Waals surface area contributed by atoms with Crippen molar-refractivity contribution in [3.8, 4) is 0 Å². The molecule has 0 radical (unpaired) electrons. The molecule has 0 atom stereocenters. The number of rotatable bonds is 1. The van der Waals surface area contributed by atoms with Crippen LogP contribution in [0, 0.1) is 5.21 Å². The Morgan fingerprint density at radius 3 is 2.57 bits per heavy atom. The van der Waals surface area contributed by atoms with Crippen LogP contribution in [-0.4, -0.2) is 11.6 Å². The molecule has 0 amide bonds. The van der Waals surface area contributed by atoms with Crippen LogP contribution in [0.4, 0.5) is 0 Å². The smallest absolute Gasteiger partial charge is 0.405 e. The monoisotopic (exact) mass is 195 g/mol. The molecule has 0 bridgehead atoms. The zero-order valence-electron chi connectivity index (χ0n) is 8.48. The third kappa shape index (κ3) is 2.73. The van der Waals surface area contributed by atoms with E-state index in [2.05, 4.69) is 0 Å². The maximum atomic E-state index is 11.4. The SMILES string of the molecule is CC(C)(C)OC(=O)c1cccc[n+]1[O-]. The topological polar surface area (TPSA) is 53.2 Å². The Balaban J connectivity index is 2.86. The fraction of sp³-hybridized carbons (Fsp3) is 0.400. The zero-order valence-corrected chi connectivity index (χ0v) is 8.48. The molecule has 0 saturated heterocycles. The molecular formula is C10H13NO3. The van der Waals surface area contributed by atoms with Gasteiger partial charge in [-0.15, -0.1) is 0 Å². The molecule has 0 spiro atoms. The second kappa shape index (κ2) is 3.65. The zero-order chi connectivity index (χ0) is 10.8. The van der Waals surface area contributed by atoms with Crippen molar-refractivity contribution in [2.45, 2.75) is 26.4 Å². The lowest BCUT2D eigenvalue weighted by atomic mass is 10.2. The number of carbonyl (C=O) groups is 1. The Labute approximate surface area is 82.7 Å². The first kappa shape index (κ1) is 10.5. The second-order valence-corrected chi connectivity index (χ2v) is 3.91. The third-order valence-corrected chi connectivity index (χ3v) is 1.43. The Bertz CT molecular complexity index is 341. The summed E-state index contributed by atoms with van der Waals surface area (Å²) >= 11 is 0. The van der Waals surface area contributed by atoms with Crippen LogP contribution in [-0.2, 0) is 4.74 Å². The van der Waals surface area contributed by atoms with Crippen molar-refractivity contribution in [3.63, 3.8) is 0 Å². The van der Waals surface area contributed by atoms with Gasteiger partial charge in [0.1, 0.15) is 5.60 Å². The summed E-state index contributed by atoms with van der Waals surface area (Å²) in [5.74, 6) is -0.604. The van der Waals surface area contributed by atoms with E-state index in [0.29, 0.717) is 4.73 Å². The standard InChI is InChI=1S/C10H13NO3/c1-10(2,3)14-9(12)8-6-4-5-7-11(8)13/h4-7H,1-3H3. The largest absolute Gasteiger partial charge is 0.618 e. The predicted octanol–water partition coefficient (Wildman–Crippen LogP) is 1.28. The van der Waals surface area contributed by atoms with Gasteiger partial charge in [-0.1, -0.05) is 0 Å². The van der Waals surface area contributed by atoms with E-state index in [4.69, 9.17) is 4.74 Å². The number of hydrogen-bond donors (Lipinski definition) is 0. The van der Waals surface area contributed by atoms with Gasteiger partial charge >= 0.3 is 11.7 Å². The Morgan fingerprint density at radius 1 is 1.43 bits per heavy atom. The van der Waals surface area contributed by atoms with Gasteiger partial charge < -0.3 is 9.94 Å². The number of aromatic nitrogens is 1. The molecule has 1 aromatic heterocycles. The van der Waals surface area contributed by atoms with Gasteiger partial charge in [0.2, 0.25) is 0 Å². The van der Waals surface area contributed by atoms with E-state index < -0.39 is 11.6 Å². The van der Waals surface area contributed by atoms with E-state index in [1.807, 2.05) is 0 Å². The molecule has 4 nitrogen and oxygen atoms in total. The first-order chi connectivity index (χ1) is 6.40. The number of pyridine rings is 1. The molecule has 1 heterocycles. The van der Waals surface area contributed by atoms with Gasteiger partial charge in [0.15, 0.2) is 6.20 Å². The number of ether oxygens (including phenoxy) is 1. The Kier molecular flexibility index (Phi) is 2.74. The molecule has 0 aliphatic heterocycles. The summed E-state index contributed by atoms with van der Waals surface area (Å²) in [6.45, 7) is 5.26. The molecule has 0 fully saturated rings. The number of carbonyl (C=O) groups excluding carboxylic acids is 1. The van der Waals surface area contributed by atoms with Crippen LogP contribution in [0.5, 0.6) is 0 Å². The van der Waals surface area contributed by atoms with Gasteiger partial charge in [0.05, 0.1) is 0 Å². The summed E-state index contributed by atoms with van der Waals surface area (Å²) in [7, 11) is 0. The van der Waals surface area contributed by atoms with Crippen LogP contribution in [0.15, 0.2) is 24.4 Å². The molecular weight excluding hydrogens is 182 g/mol. The van der Waals surface area contributed by atoms with Crippen LogP contribution in [0.3, 0.4) is 0 Å². The molecule has 76 valence electrons. The summed E-state index contributed by atoms with van der Waals surface area (Å²) in [6, 6.07) is 4.61. The highest BCUT2D eigenvalue weighted by Crippen LogP contribution is 2.09. The highest BCUT2D eigenvalue weighted by atomic mass is 16.6. The van der Waals surface area contributed by atoms with E-state index >= 15 is 0 Å². The summed E-state index contributed by atoms with van der Waals surface area (Å²) < 4.78 is 5.54. The van der Waals surface area contributed by atoms with Gasteiger partial charge in [-0.3, -0.25) is 0 Å². The van der Waals surface area contributed by atoms with Crippen molar-refractivity contribution >= 4 is 5.97 Å². The van der Waals surface area contributed by atoms with Gasteiger partial charge in [0.25, 0.3) is 0 Å². The summed E-state index contributed by atoms with van der Waals surface area (Å²) in [6.07, 6.45) is 1.26. The number of esters is 1. The lowest BCUT2D eigenvalue weighted by Crippen LogP contribution is -2.37. The number of nitrogens with zero attached hydrogens (tertiary/aromatic N) is 1. The minimum atomic E-state index is -0.604. The van der Waals surface area contributed by atoms with Crippen molar-refractivity contribution in [2.75, 3.05) is 0 Å². The van der Waals surface area contributed by atoms with Crippen LogP contribution in [0.2, 0.25) is 0 Å². The van der Waals surface area contributed by atoms with Crippen molar-refractivity contribution < 1.29 is 14.3 Å². The summed E-state index contributed by atoms with van der Waals surface area (Å²) in [5.41, 5.74) is -0.581. The molecule has 0 aliphatic rings. The Hall–Kier alpha value is -1.58. The third-order valence-electron chi connectivity index (χ3n) is 1.43. The van der Waals surface area contributed by atoms with E-state index in [-0.39, 0.29) is 5.69 Å². The molecule has 0 aromatic carbocycles. The minimum Gasteiger partial charge on any atom is -0.618 e. The molecule has 0 unspecified atom stereocenters. The van der Waals surface area contributed by atoms with Crippen molar-refractivity contribution in [1.29, 1.82) is 0 Å². The van der Waals surface area contributed by atoms with Crippen LogP contribution >= 0.6 is 0 Å². The van der Waals surface area contributed by atoms with Gasteiger partial charge in [-0.25, -0.2) is 4.79 Å². The molecule has 1 rings (SSSR count). The van der Waals surface area contributed by atoms with Crippen molar-refractivity contribution in [3.05, 3.63) is 35.3 Å². The lowest BCUT2D eigenvalue weighted by Gasteiger charge is -2.18. The van der Waals surface area contributed by atoms with Crippen molar-refractivity contribution in [1.82, 2.24) is 0 Å². The molecule has 1 aromatic rings. The average molecular weight is 195 g/mol. The molecule has 0 N–H and O–H groups in total. The maximum Gasteiger partial charge on any atom is 0.405 e. The molecule has 0 saturated carbocycles. The molecule has 14 heavy (non-hydrogen) atoms. The molecule has 0 aliphatic carbocycles. The number of hydrogen-bond acceptors (Lipinski definition) is 3. The highest BCUT2D eigenvalue weighted by Gasteiger charge is 2.23. The molecule has 4 heteroatoms. The first-order valence-corrected chi connectivity index (χ1v) is 4.32. The van der Waals surface area contributed by atoms with Crippen molar-refractivity contribution in [2.24, 2.45) is 0 Å². The van der Waals surface area contributed by atoms with E-state index in [1.165, 1.54) is 12.3 Å². The normalized spacial score (nSPS) is 11.1. The van der Waals surface area contributed by atoms with E-state index in [0.717, 1.165) is 0 Å². The maximum absolute atomic E-state index is 11.4. The minimum absolute atomic E-state index is 0.00225. The fourth-order valence-electron chi connectivity index (χ4n) is 0.917. The Morgan fingerprint density at radius 2 is 2.07 bits per heavy atom. The van der Waals surface area contributed by atoms with Gasteiger partial charge in [-0.2, -0.15) is 4.73 Å². The van der Waals surface area contributed by atoms with Gasteiger partial charge in [0, 0.05) is 12.1 Å². The second-order valence-electron chi connectivity index (χ2n) is 3.91. The van der Waals surface area contributed by atoms with Gasteiger partial charge in [-0.05, 0) is 26.8 Å². The highest BCUT2D eigenvalue weighted by molar-refractivity contribution is 5.85. The van der Waals surface area contributed by atoms with E-state index in [1.54, 1.807) is 32.9 Å². The van der Waals surface area contributed by atoms with E-state index in [9.17, 15) is 10.0 Å².